The lowest BCUT2D eigenvalue weighted by Gasteiger charge is -2.49. The molecule has 9 heteroatoms. The normalized spacial score (nSPS) is 20.7. The monoisotopic (exact) mass is 648 g/mol. The van der Waals surface area contributed by atoms with Crippen LogP contribution in [0.3, 0.4) is 0 Å². The minimum absolute atomic E-state index is 0.0376. The number of carbonyl (C=O) groups excluding carboxylic acids is 4. The summed E-state index contributed by atoms with van der Waals surface area (Å²) in [6, 6.07) is -0.365. The molecule has 2 aliphatic heterocycles. The Morgan fingerprint density at radius 1 is 0.804 bits per heavy atom. The highest BCUT2D eigenvalue weighted by atomic mass is 16.2. The van der Waals surface area contributed by atoms with Gasteiger partial charge in [0.1, 0.15) is 11.8 Å². The Labute approximate surface area is 280 Å². The van der Waals surface area contributed by atoms with Gasteiger partial charge in [-0.05, 0) is 44.9 Å². The van der Waals surface area contributed by atoms with Gasteiger partial charge in [0, 0.05) is 24.9 Å². The van der Waals surface area contributed by atoms with Crippen molar-refractivity contribution in [2.24, 2.45) is 5.41 Å². The van der Waals surface area contributed by atoms with E-state index < -0.39 is 17.2 Å². The van der Waals surface area contributed by atoms with Gasteiger partial charge in [-0.2, -0.15) is 0 Å². The highest BCUT2D eigenvalue weighted by Gasteiger charge is 2.50. The second-order valence-electron chi connectivity index (χ2n) is 14.6. The van der Waals surface area contributed by atoms with E-state index >= 15 is 0 Å². The molecule has 2 saturated heterocycles. The van der Waals surface area contributed by atoms with Crippen LogP contribution < -0.4 is 21.3 Å². The van der Waals surface area contributed by atoms with Crippen LogP contribution in [0.1, 0.15) is 182 Å². The molecule has 0 aromatic heterocycles. The quantitative estimate of drug-likeness (QED) is 0.0707. The summed E-state index contributed by atoms with van der Waals surface area (Å²) >= 11 is 0. The fourth-order valence-electron chi connectivity index (χ4n) is 7.03. The smallest absolute Gasteiger partial charge is 0.316 e. The third-order valence-corrected chi connectivity index (χ3v) is 9.89. The molecule has 2 rings (SSSR count). The largest absolute Gasteiger partial charge is 0.356 e. The second-order valence-corrected chi connectivity index (χ2v) is 14.6. The first kappa shape index (κ1) is 39.9. The number of carbonyl (C=O) groups is 4. The predicted molar refractivity (Wildman–Crippen MR) is 187 cm³/mol. The first-order chi connectivity index (χ1) is 22.1. The summed E-state index contributed by atoms with van der Waals surface area (Å²) in [6.07, 6.45) is 22.6. The van der Waals surface area contributed by atoms with Gasteiger partial charge in [0.15, 0.2) is 0 Å². The van der Waals surface area contributed by atoms with Crippen molar-refractivity contribution in [3.63, 3.8) is 0 Å². The molecule has 2 aliphatic rings. The standard InChI is InChI=1S/C37H69N5O4/c1-5-7-9-11-13-15-17-21-26-36(3,4)34(45)42(31-24-19-20-25-32(43)40-31)37(27-23-29-38-33(44)30-37)41-35(46)39-28-22-18-16-14-12-10-8-6-2/h31H,5-30H2,1-4H3,(H,38,44)(H,40,43)(H2,39,41,46)/t31-,37+/m1/s1. The minimum Gasteiger partial charge on any atom is -0.356 e. The van der Waals surface area contributed by atoms with E-state index in [4.69, 9.17) is 0 Å². The molecule has 0 unspecified atom stereocenters. The molecule has 4 N–H and O–H groups in total. The van der Waals surface area contributed by atoms with Crippen molar-refractivity contribution in [3.8, 4) is 0 Å². The van der Waals surface area contributed by atoms with Crippen molar-refractivity contribution in [2.75, 3.05) is 13.1 Å². The third kappa shape index (κ3) is 14.6. The fourth-order valence-corrected chi connectivity index (χ4v) is 7.03. The lowest BCUT2D eigenvalue weighted by atomic mass is 9.82. The van der Waals surface area contributed by atoms with Crippen molar-refractivity contribution < 1.29 is 19.2 Å². The Hall–Kier alpha value is -2.32. The van der Waals surface area contributed by atoms with Crippen LogP contribution in [-0.2, 0) is 14.4 Å². The van der Waals surface area contributed by atoms with Gasteiger partial charge in [0.05, 0.1) is 6.42 Å². The molecule has 2 atom stereocenters. The van der Waals surface area contributed by atoms with Crippen LogP contribution in [0, 0.1) is 5.41 Å². The number of nitrogens with one attached hydrogen (secondary N) is 4. The zero-order valence-electron chi connectivity index (χ0n) is 30.0. The summed E-state index contributed by atoms with van der Waals surface area (Å²) < 4.78 is 0. The van der Waals surface area contributed by atoms with E-state index in [9.17, 15) is 19.2 Å². The second kappa shape index (κ2) is 22.3. The number of nitrogens with zero attached hydrogens (tertiary/aromatic N) is 1. The van der Waals surface area contributed by atoms with E-state index in [1.54, 1.807) is 4.90 Å². The van der Waals surface area contributed by atoms with Gasteiger partial charge in [-0.15, -0.1) is 0 Å². The van der Waals surface area contributed by atoms with Gasteiger partial charge >= 0.3 is 6.03 Å². The van der Waals surface area contributed by atoms with Crippen LogP contribution in [0.4, 0.5) is 4.79 Å². The van der Waals surface area contributed by atoms with Crippen LogP contribution >= 0.6 is 0 Å². The molecule has 0 radical (unpaired) electrons. The van der Waals surface area contributed by atoms with E-state index in [0.29, 0.717) is 45.2 Å². The number of hydrogen-bond donors (Lipinski definition) is 4. The van der Waals surface area contributed by atoms with Crippen LogP contribution in [0.25, 0.3) is 0 Å². The maximum atomic E-state index is 14.7. The molecule has 0 aromatic rings. The SMILES string of the molecule is CCCCCCCCCCNC(=O)N[C@]1(N(C(=O)C(C)(C)CCCCCCCCCC)[C@@H]2CCCCC(=O)N2)CCCNC(=O)C1. The molecule has 0 saturated carbocycles. The molecular formula is C37H69N5O4. The molecule has 5 amide bonds. The highest BCUT2D eigenvalue weighted by molar-refractivity contribution is 5.87. The zero-order chi connectivity index (χ0) is 33.7. The van der Waals surface area contributed by atoms with E-state index in [-0.39, 0.29) is 30.2 Å². The Bertz CT molecular complexity index is 910. The Morgan fingerprint density at radius 2 is 1.39 bits per heavy atom. The van der Waals surface area contributed by atoms with Gasteiger partial charge in [0.2, 0.25) is 17.7 Å². The lowest BCUT2D eigenvalue weighted by Crippen LogP contribution is -2.71. The van der Waals surface area contributed by atoms with Crippen molar-refractivity contribution in [1.29, 1.82) is 0 Å². The summed E-state index contributed by atoms with van der Waals surface area (Å²) in [6.45, 7) is 9.45. The number of hydrogen-bond acceptors (Lipinski definition) is 4. The first-order valence-corrected chi connectivity index (χ1v) is 19.1. The summed E-state index contributed by atoms with van der Waals surface area (Å²) in [5.74, 6) is -0.395. The molecule has 0 aromatic carbocycles. The number of urea groups is 1. The van der Waals surface area contributed by atoms with Crippen LogP contribution in [-0.4, -0.2) is 53.6 Å². The molecule has 9 nitrogen and oxygen atoms in total. The van der Waals surface area contributed by atoms with Gasteiger partial charge in [-0.3, -0.25) is 19.3 Å². The van der Waals surface area contributed by atoms with Crippen molar-refractivity contribution in [3.05, 3.63) is 0 Å². The molecule has 266 valence electrons. The van der Waals surface area contributed by atoms with E-state index in [0.717, 1.165) is 44.9 Å². The fraction of sp³-hybridized carbons (Fsp3) is 0.892. The summed E-state index contributed by atoms with van der Waals surface area (Å²) in [4.78, 5) is 55.9. The highest BCUT2D eigenvalue weighted by Crippen LogP contribution is 2.36. The third-order valence-electron chi connectivity index (χ3n) is 9.89. The lowest BCUT2D eigenvalue weighted by molar-refractivity contribution is -0.157. The molecule has 0 spiro atoms. The summed E-state index contributed by atoms with van der Waals surface area (Å²) in [5, 5.41) is 12.2. The van der Waals surface area contributed by atoms with Crippen LogP contribution in [0.5, 0.6) is 0 Å². The molecule has 0 bridgehead atoms. The molecule has 46 heavy (non-hydrogen) atoms. The van der Waals surface area contributed by atoms with Crippen LogP contribution in [0.2, 0.25) is 0 Å². The minimum atomic E-state index is -1.24. The van der Waals surface area contributed by atoms with Gasteiger partial charge in [-0.1, -0.05) is 124 Å². The van der Waals surface area contributed by atoms with E-state index in [2.05, 4.69) is 35.1 Å². The van der Waals surface area contributed by atoms with Crippen molar-refractivity contribution in [2.45, 2.75) is 194 Å². The summed E-state index contributed by atoms with van der Waals surface area (Å²) in [7, 11) is 0. The van der Waals surface area contributed by atoms with E-state index in [1.165, 1.54) is 70.6 Å². The topological polar surface area (TPSA) is 120 Å². The number of rotatable bonds is 22. The van der Waals surface area contributed by atoms with Gasteiger partial charge in [-0.25, -0.2) is 4.79 Å². The number of amides is 5. The maximum absolute atomic E-state index is 14.7. The van der Waals surface area contributed by atoms with Crippen LogP contribution in [0.15, 0.2) is 0 Å². The predicted octanol–water partition coefficient (Wildman–Crippen LogP) is 7.82. The zero-order valence-corrected chi connectivity index (χ0v) is 30.0. The molecule has 0 aliphatic carbocycles. The van der Waals surface area contributed by atoms with E-state index in [1.807, 2.05) is 13.8 Å². The average Bonchev–Trinajstić information content (AvgIpc) is 3.34. The van der Waals surface area contributed by atoms with Crippen molar-refractivity contribution in [1.82, 2.24) is 26.2 Å². The molecule has 2 fully saturated rings. The Kier molecular flexibility index (Phi) is 19.3. The van der Waals surface area contributed by atoms with Gasteiger partial charge in [0.25, 0.3) is 0 Å². The Morgan fingerprint density at radius 3 is 2.02 bits per heavy atom. The Balaban J connectivity index is 2.18. The first-order valence-electron chi connectivity index (χ1n) is 19.1. The summed E-state index contributed by atoms with van der Waals surface area (Å²) in [5.41, 5.74) is -1.95. The molecular weight excluding hydrogens is 578 g/mol. The number of unbranched alkanes of at least 4 members (excludes halogenated alkanes) is 14. The van der Waals surface area contributed by atoms with Crippen molar-refractivity contribution >= 4 is 23.8 Å². The average molecular weight is 648 g/mol. The molecule has 2 heterocycles. The van der Waals surface area contributed by atoms with Gasteiger partial charge < -0.3 is 21.3 Å². The maximum Gasteiger partial charge on any atom is 0.316 e.